The number of aromatic hydroxyl groups is 1. The number of Topliss-reactive ketones (excluding diaryl/α,β-unsaturated/α-hetero) is 2. The second kappa shape index (κ2) is 21.8. The molecule has 2 rings (SSSR count). The predicted octanol–water partition coefficient (Wildman–Crippen LogP) is 0.614. The van der Waals surface area contributed by atoms with Gasteiger partial charge in [-0.3, -0.25) is 24.0 Å². The van der Waals surface area contributed by atoms with E-state index in [1.54, 1.807) is 12.1 Å². The van der Waals surface area contributed by atoms with Gasteiger partial charge < -0.3 is 42.0 Å². The standard InChI is InChI=1S/C33H50N6O8/c34-21-25-6-3-15-39(25)33(45)28(35)13-12-26(40)7-4-16-46-17-18-47-22-31(43)38-14-2-1-5-24(32(37)44)20-30(42)29(36)19-23-8-10-27(41)11-9-23/h8-11,24-25,28-29,41H,1-7,12-20,22,35-36H2,(H2,37,44)(H,38,43)/t24-,25+,28+,29+/m1/s1. The zero-order valence-electron chi connectivity index (χ0n) is 27.1. The molecular weight excluding hydrogens is 608 g/mol. The molecule has 1 fully saturated rings. The van der Waals surface area contributed by atoms with Gasteiger partial charge in [0.05, 0.1) is 31.4 Å². The van der Waals surface area contributed by atoms with E-state index in [1.807, 2.05) is 0 Å². The first-order valence-electron chi connectivity index (χ1n) is 16.3. The van der Waals surface area contributed by atoms with Gasteiger partial charge in [-0.2, -0.15) is 5.26 Å². The molecule has 1 aliphatic heterocycles. The first kappa shape index (κ1) is 39.3. The molecule has 0 bridgehead atoms. The first-order valence-corrected chi connectivity index (χ1v) is 16.3. The molecule has 1 aromatic carbocycles. The number of phenols is 1. The van der Waals surface area contributed by atoms with E-state index >= 15 is 0 Å². The van der Waals surface area contributed by atoms with Crippen LogP contribution in [0.3, 0.4) is 0 Å². The van der Waals surface area contributed by atoms with Crippen LogP contribution in [0.1, 0.15) is 69.8 Å². The van der Waals surface area contributed by atoms with Crippen LogP contribution in [-0.2, 0) is 39.9 Å². The van der Waals surface area contributed by atoms with Crippen molar-refractivity contribution in [3.63, 3.8) is 0 Å². The molecule has 8 N–H and O–H groups in total. The second-order valence-electron chi connectivity index (χ2n) is 11.9. The van der Waals surface area contributed by atoms with Gasteiger partial charge >= 0.3 is 0 Å². The molecule has 0 aromatic heterocycles. The number of ether oxygens (including phenoxy) is 2. The number of amides is 3. The molecule has 1 aromatic rings. The van der Waals surface area contributed by atoms with Crippen LogP contribution in [0.4, 0.5) is 0 Å². The maximum Gasteiger partial charge on any atom is 0.245 e. The third-order valence-electron chi connectivity index (χ3n) is 8.04. The highest BCUT2D eigenvalue weighted by Crippen LogP contribution is 2.19. The van der Waals surface area contributed by atoms with Gasteiger partial charge in [-0.25, -0.2) is 0 Å². The third kappa shape index (κ3) is 15.5. The van der Waals surface area contributed by atoms with Crippen LogP contribution in [0, 0.1) is 17.2 Å². The Balaban J connectivity index is 1.45. The number of nitrogens with two attached hydrogens (primary N) is 3. The van der Waals surface area contributed by atoms with Gasteiger partial charge in [0.25, 0.3) is 0 Å². The van der Waals surface area contributed by atoms with Gasteiger partial charge in [-0.15, -0.1) is 0 Å². The number of hydrogen-bond acceptors (Lipinski definition) is 11. The SMILES string of the molecule is N#C[C@@H]1CCCN1C(=O)[C@@H](N)CCC(=O)CCCOCCOCC(=O)NCCCC[C@H](CC(=O)[C@@H](N)Cc1ccc(O)cc1)C(N)=O. The molecule has 4 atom stereocenters. The molecule has 3 amide bonds. The Morgan fingerprint density at radius 1 is 0.979 bits per heavy atom. The average molecular weight is 659 g/mol. The van der Waals surface area contributed by atoms with Crippen molar-refractivity contribution >= 4 is 29.3 Å². The minimum absolute atomic E-state index is 0.00664. The third-order valence-corrected chi connectivity index (χ3v) is 8.04. The van der Waals surface area contributed by atoms with Crippen molar-refractivity contribution < 1.29 is 38.6 Å². The lowest BCUT2D eigenvalue weighted by Crippen LogP contribution is -2.45. The highest BCUT2D eigenvalue weighted by atomic mass is 16.5. The maximum atomic E-state index is 12.5. The highest BCUT2D eigenvalue weighted by molar-refractivity contribution is 5.89. The van der Waals surface area contributed by atoms with Gasteiger partial charge in [0, 0.05) is 44.9 Å². The number of phenolic OH excluding ortho intramolecular Hbond substituents is 1. The molecule has 0 saturated carbocycles. The minimum atomic E-state index is -0.788. The van der Waals surface area contributed by atoms with Crippen molar-refractivity contribution in [2.24, 2.45) is 23.1 Å². The summed E-state index contributed by atoms with van der Waals surface area (Å²) >= 11 is 0. The number of primary amides is 1. The summed E-state index contributed by atoms with van der Waals surface area (Å²) in [6, 6.07) is 6.52. The molecule has 0 spiro atoms. The summed E-state index contributed by atoms with van der Waals surface area (Å²) < 4.78 is 10.8. The molecule has 0 unspecified atom stereocenters. The lowest BCUT2D eigenvalue weighted by Gasteiger charge is -2.23. The molecule has 1 heterocycles. The number of likely N-dealkylation sites (tertiary alicyclic amines) is 1. The molecule has 260 valence electrons. The summed E-state index contributed by atoms with van der Waals surface area (Å²) in [5.41, 5.74) is 18.3. The smallest absolute Gasteiger partial charge is 0.245 e. The second-order valence-corrected chi connectivity index (χ2v) is 11.9. The number of unbranched alkanes of at least 4 members (excludes halogenated alkanes) is 1. The summed E-state index contributed by atoms with van der Waals surface area (Å²) in [5.74, 6) is -1.92. The summed E-state index contributed by atoms with van der Waals surface area (Å²) in [4.78, 5) is 62.5. The topological polar surface area (TPSA) is 241 Å². The Morgan fingerprint density at radius 3 is 2.40 bits per heavy atom. The van der Waals surface area contributed by atoms with E-state index in [9.17, 15) is 29.1 Å². The fourth-order valence-corrected chi connectivity index (χ4v) is 5.23. The summed E-state index contributed by atoms with van der Waals surface area (Å²) in [7, 11) is 0. The zero-order valence-corrected chi connectivity index (χ0v) is 27.1. The molecule has 47 heavy (non-hydrogen) atoms. The van der Waals surface area contributed by atoms with E-state index < -0.39 is 30.0 Å². The van der Waals surface area contributed by atoms with Crippen LogP contribution in [0.25, 0.3) is 0 Å². The fourth-order valence-electron chi connectivity index (χ4n) is 5.23. The number of carbonyl (C=O) groups is 5. The number of carbonyl (C=O) groups excluding carboxylic acids is 5. The lowest BCUT2D eigenvalue weighted by molar-refractivity contribution is -0.133. The lowest BCUT2D eigenvalue weighted by atomic mass is 9.91. The Bertz CT molecular complexity index is 1200. The molecule has 1 saturated heterocycles. The van der Waals surface area contributed by atoms with Gasteiger partial charge in [0.15, 0.2) is 5.78 Å². The van der Waals surface area contributed by atoms with E-state index in [-0.39, 0.29) is 68.2 Å². The van der Waals surface area contributed by atoms with Gasteiger partial charge in [-0.05, 0) is 62.6 Å². The monoisotopic (exact) mass is 658 g/mol. The summed E-state index contributed by atoms with van der Waals surface area (Å²) in [5, 5.41) is 21.2. The van der Waals surface area contributed by atoms with E-state index in [0.717, 1.165) is 12.0 Å². The fraction of sp³-hybridized carbons (Fsp3) is 0.636. The van der Waals surface area contributed by atoms with Crippen LogP contribution in [0.15, 0.2) is 24.3 Å². The van der Waals surface area contributed by atoms with Crippen molar-refractivity contribution in [3.8, 4) is 11.8 Å². The number of benzene rings is 1. The van der Waals surface area contributed by atoms with Crippen LogP contribution in [0.2, 0.25) is 0 Å². The Hall–Kier alpha value is -3.90. The van der Waals surface area contributed by atoms with Gasteiger partial charge in [-0.1, -0.05) is 18.6 Å². The number of nitriles is 1. The van der Waals surface area contributed by atoms with Crippen LogP contribution < -0.4 is 22.5 Å². The number of nitrogens with zero attached hydrogens (tertiary/aromatic N) is 2. The largest absolute Gasteiger partial charge is 0.508 e. The maximum absolute atomic E-state index is 12.5. The van der Waals surface area contributed by atoms with Gasteiger partial charge in [0.2, 0.25) is 17.7 Å². The number of nitrogens with one attached hydrogen (secondary N) is 1. The summed E-state index contributed by atoms with van der Waals surface area (Å²) in [6.45, 7) is 1.60. The van der Waals surface area contributed by atoms with Gasteiger partial charge in [0.1, 0.15) is 24.2 Å². The average Bonchev–Trinajstić information content (AvgIpc) is 3.53. The van der Waals surface area contributed by atoms with Crippen molar-refractivity contribution in [3.05, 3.63) is 29.8 Å². The highest BCUT2D eigenvalue weighted by Gasteiger charge is 2.31. The van der Waals surface area contributed by atoms with Crippen molar-refractivity contribution in [1.82, 2.24) is 10.2 Å². The number of rotatable bonds is 24. The summed E-state index contributed by atoms with van der Waals surface area (Å²) in [6.07, 6.45) is 4.52. The van der Waals surface area contributed by atoms with Crippen LogP contribution >= 0.6 is 0 Å². The van der Waals surface area contributed by atoms with Crippen molar-refractivity contribution in [1.29, 1.82) is 5.26 Å². The molecule has 14 nitrogen and oxygen atoms in total. The predicted molar refractivity (Wildman–Crippen MR) is 172 cm³/mol. The van der Waals surface area contributed by atoms with E-state index in [1.165, 1.54) is 17.0 Å². The van der Waals surface area contributed by atoms with E-state index in [0.29, 0.717) is 64.6 Å². The molecule has 0 aliphatic carbocycles. The molecular formula is C33H50N6O8. The van der Waals surface area contributed by atoms with E-state index in [4.69, 9.17) is 31.9 Å². The normalized spacial score (nSPS) is 16.2. The Kier molecular flexibility index (Phi) is 18.2. The Morgan fingerprint density at radius 2 is 1.70 bits per heavy atom. The first-order chi connectivity index (χ1) is 22.5. The Labute approximate surface area is 276 Å². The van der Waals surface area contributed by atoms with Crippen molar-refractivity contribution in [2.45, 2.75) is 88.8 Å². The molecule has 0 radical (unpaired) electrons. The number of hydrogen-bond donors (Lipinski definition) is 5. The van der Waals surface area contributed by atoms with Crippen LogP contribution in [0.5, 0.6) is 5.75 Å². The molecule has 1 aliphatic rings. The zero-order chi connectivity index (χ0) is 34.6. The minimum Gasteiger partial charge on any atom is -0.508 e. The van der Waals surface area contributed by atoms with E-state index in [2.05, 4.69) is 11.4 Å². The molecule has 14 heteroatoms. The van der Waals surface area contributed by atoms with Crippen molar-refractivity contribution in [2.75, 3.05) is 39.5 Å². The number of ketones is 2. The quantitative estimate of drug-likeness (QED) is 0.0964. The van der Waals surface area contributed by atoms with Crippen LogP contribution in [-0.4, -0.2) is 96.9 Å².